The Hall–Kier alpha value is -2.30. The van der Waals surface area contributed by atoms with Crippen LogP contribution in [0.25, 0.3) is 0 Å². The summed E-state index contributed by atoms with van der Waals surface area (Å²) in [5.74, 6) is 2.30. The molecule has 0 radical (unpaired) electrons. The van der Waals surface area contributed by atoms with E-state index in [1.54, 1.807) is 6.20 Å². The number of hydrogen-bond acceptors (Lipinski definition) is 5. The van der Waals surface area contributed by atoms with Gasteiger partial charge in [-0.25, -0.2) is 4.98 Å². The predicted molar refractivity (Wildman–Crippen MR) is 86.5 cm³/mol. The van der Waals surface area contributed by atoms with Crippen LogP contribution in [0.5, 0.6) is 5.75 Å². The molecule has 0 saturated heterocycles. The Labute approximate surface area is 126 Å². The number of ether oxygens (including phenoxy) is 1. The highest BCUT2D eigenvalue weighted by molar-refractivity contribution is 5.63. The molecule has 2 aromatic rings. The smallest absolute Gasteiger partial charge is 0.229 e. The standard InChI is InChI=1S/C16H22N4O/c1-4-20(5-2)15-11-12-17-16(19-15)18-13-9-7-8-10-14(13)21-6-3/h7-12H,4-6H2,1-3H3,(H,17,18,19). The van der Waals surface area contributed by atoms with E-state index in [1.165, 1.54) is 0 Å². The highest BCUT2D eigenvalue weighted by atomic mass is 16.5. The SMILES string of the molecule is CCOc1ccccc1Nc1nccc(N(CC)CC)n1. The molecule has 0 saturated carbocycles. The minimum absolute atomic E-state index is 0.576. The third-order valence-corrected chi connectivity index (χ3v) is 3.16. The van der Waals surface area contributed by atoms with Crippen molar-refractivity contribution < 1.29 is 4.74 Å². The Morgan fingerprint density at radius 2 is 1.86 bits per heavy atom. The molecule has 0 unspecified atom stereocenters. The molecule has 0 aliphatic carbocycles. The number of benzene rings is 1. The maximum absolute atomic E-state index is 5.60. The lowest BCUT2D eigenvalue weighted by Gasteiger charge is -2.20. The lowest BCUT2D eigenvalue weighted by molar-refractivity contribution is 0.342. The molecule has 2 rings (SSSR count). The van der Waals surface area contributed by atoms with Crippen LogP contribution in [-0.2, 0) is 0 Å². The molecule has 0 fully saturated rings. The summed E-state index contributed by atoms with van der Waals surface area (Å²) >= 11 is 0. The number of hydrogen-bond donors (Lipinski definition) is 1. The van der Waals surface area contributed by atoms with Crippen LogP contribution in [0.4, 0.5) is 17.5 Å². The van der Waals surface area contributed by atoms with Crippen molar-refractivity contribution in [1.82, 2.24) is 9.97 Å². The van der Waals surface area contributed by atoms with Crippen LogP contribution in [-0.4, -0.2) is 29.7 Å². The summed E-state index contributed by atoms with van der Waals surface area (Å²) in [5.41, 5.74) is 0.871. The number of anilines is 3. The van der Waals surface area contributed by atoms with Gasteiger partial charge in [-0.1, -0.05) is 12.1 Å². The first-order valence-corrected chi connectivity index (χ1v) is 7.35. The van der Waals surface area contributed by atoms with Crippen LogP contribution in [0.1, 0.15) is 20.8 Å². The number of para-hydroxylation sites is 2. The van der Waals surface area contributed by atoms with Gasteiger partial charge in [0.15, 0.2) is 0 Å². The van der Waals surface area contributed by atoms with E-state index in [0.717, 1.165) is 30.3 Å². The first kappa shape index (κ1) is 15.1. The van der Waals surface area contributed by atoms with Gasteiger partial charge in [-0.05, 0) is 39.0 Å². The molecule has 1 N–H and O–H groups in total. The van der Waals surface area contributed by atoms with Gasteiger partial charge in [-0.3, -0.25) is 0 Å². The van der Waals surface area contributed by atoms with Crippen LogP contribution in [0, 0.1) is 0 Å². The van der Waals surface area contributed by atoms with E-state index < -0.39 is 0 Å². The summed E-state index contributed by atoms with van der Waals surface area (Å²) in [6.07, 6.45) is 1.77. The largest absolute Gasteiger partial charge is 0.492 e. The average Bonchev–Trinajstić information content (AvgIpc) is 2.51. The van der Waals surface area contributed by atoms with Gasteiger partial charge in [0.25, 0.3) is 0 Å². The molecule has 0 aliphatic rings. The summed E-state index contributed by atoms with van der Waals surface area (Å²) in [7, 11) is 0. The zero-order chi connectivity index (χ0) is 15.1. The molecule has 5 nitrogen and oxygen atoms in total. The van der Waals surface area contributed by atoms with Crippen LogP contribution in [0.2, 0.25) is 0 Å². The molecular formula is C16H22N4O. The molecule has 0 spiro atoms. The summed E-state index contributed by atoms with van der Waals surface area (Å²) in [5, 5.41) is 3.23. The summed E-state index contributed by atoms with van der Waals surface area (Å²) in [6, 6.07) is 9.72. The number of rotatable bonds is 7. The van der Waals surface area contributed by atoms with Crippen molar-refractivity contribution in [3.05, 3.63) is 36.5 Å². The maximum Gasteiger partial charge on any atom is 0.229 e. The topological polar surface area (TPSA) is 50.3 Å². The summed E-state index contributed by atoms with van der Waals surface area (Å²) in [4.78, 5) is 11.0. The molecule has 0 atom stereocenters. The van der Waals surface area contributed by atoms with Crippen LogP contribution < -0.4 is 15.0 Å². The molecule has 0 amide bonds. The average molecular weight is 286 g/mol. The number of aromatic nitrogens is 2. The zero-order valence-electron chi connectivity index (χ0n) is 12.8. The van der Waals surface area contributed by atoms with E-state index in [9.17, 15) is 0 Å². The second-order valence-corrected chi connectivity index (χ2v) is 4.46. The summed E-state index contributed by atoms with van der Waals surface area (Å²) in [6.45, 7) is 8.66. The van der Waals surface area contributed by atoms with Gasteiger partial charge in [-0.2, -0.15) is 4.98 Å². The molecule has 21 heavy (non-hydrogen) atoms. The van der Waals surface area contributed by atoms with Gasteiger partial charge in [-0.15, -0.1) is 0 Å². The van der Waals surface area contributed by atoms with E-state index in [-0.39, 0.29) is 0 Å². The Balaban J connectivity index is 2.22. The van der Waals surface area contributed by atoms with E-state index in [4.69, 9.17) is 4.74 Å². The second kappa shape index (κ2) is 7.47. The zero-order valence-corrected chi connectivity index (χ0v) is 12.8. The fraction of sp³-hybridized carbons (Fsp3) is 0.375. The molecule has 5 heteroatoms. The monoisotopic (exact) mass is 286 g/mol. The Kier molecular flexibility index (Phi) is 5.37. The Morgan fingerprint density at radius 3 is 2.57 bits per heavy atom. The molecule has 1 heterocycles. The number of nitrogens with zero attached hydrogens (tertiary/aromatic N) is 3. The highest BCUT2D eigenvalue weighted by Crippen LogP contribution is 2.26. The van der Waals surface area contributed by atoms with Crippen molar-refractivity contribution in [2.45, 2.75) is 20.8 Å². The van der Waals surface area contributed by atoms with Crippen molar-refractivity contribution in [1.29, 1.82) is 0 Å². The molecule has 1 aromatic carbocycles. The van der Waals surface area contributed by atoms with Gasteiger partial charge in [0.1, 0.15) is 11.6 Å². The lowest BCUT2D eigenvalue weighted by atomic mass is 10.3. The van der Waals surface area contributed by atoms with Gasteiger partial charge >= 0.3 is 0 Å². The third kappa shape index (κ3) is 3.84. The van der Waals surface area contributed by atoms with Crippen LogP contribution >= 0.6 is 0 Å². The first-order chi connectivity index (χ1) is 10.3. The fourth-order valence-electron chi connectivity index (χ4n) is 2.10. The van der Waals surface area contributed by atoms with Crippen LogP contribution in [0.3, 0.4) is 0 Å². The van der Waals surface area contributed by atoms with Crippen LogP contribution in [0.15, 0.2) is 36.5 Å². The van der Waals surface area contributed by atoms with Gasteiger partial charge < -0.3 is 15.0 Å². The predicted octanol–water partition coefficient (Wildman–Crippen LogP) is 3.47. The van der Waals surface area contributed by atoms with Crippen molar-refractivity contribution >= 4 is 17.5 Å². The summed E-state index contributed by atoms with van der Waals surface area (Å²) < 4.78 is 5.60. The molecule has 1 aromatic heterocycles. The maximum atomic E-state index is 5.60. The second-order valence-electron chi connectivity index (χ2n) is 4.46. The van der Waals surface area contributed by atoms with Crippen molar-refractivity contribution in [3.63, 3.8) is 0 Å². The minimum atomic E-state index is 0.576. The fourth-order valence-corrected chi connectivity index (χ4v) is 2.10. The first-order valence-electron chi connectivity index (χ1n) is 7.35. The molecule has 0 bridgehead atoms. The Morgan fingerprint density at radius 1 is 1.10 bits per heavy atom. The van der Waals surface area contributed by atoms with Gasteiger partial charge in [0.2, 0.25) is 5.95 Å². The van der Waals surface area contributed by atoms with Crippen molar-refractivity contribution in [3.8, 4) is 5.75 Å². The quantitative estimate of drug-likeness (QED) is 0.844. The minimum Gasteiger partial charge on any atom is -0.492 e. The lowest BCUT2D eigenvalue weighted by Crippen LogP contribution is -2.23. The molecular weight excluding hydrogens is 264 g/mol. The van der Waals surface area contributed by atoms with Crippen molar-refractivity contribution in [2.24, 2.45) is 0 Å². The normalized spacial score (nSPS) is 10.2. The molecule has 112 valence electrons. The third-order valence-electron chi connectivity index (χ3n) is 3.16. The van der Waals surface area contributed by atoms with Gasteiger partial charge in [0.05, 0.1) is 12.3 Å². The van der Waals surface area contributed by atoms with E-state index in [2.05, 4.69) is 34.0 Å². The van der Waals surface area contributed by atoms with Crippen molar-refractivity contribution in [2.75, 3.05) is 29.9 Å². The van der Waals surface area contributed by atoms with E-state index in [0.29, 0.717) is 12.6 Å². The van der Waals surface area contributed by atoms with Gasteiger partial charge in [0, 0.05) is 19.3 Å². The molecule has 0 aliphatic heterocycles. The van der Waals surface area contributed by atoms with E-state index in [1.807, 2.05) is 37.3 Å². The van der Waals surface area contributed by atoms with E-state index >= 15 is 0 Å². The Bertz CT molecular complexity index is 570. The highest BCUT2D eigenvalue weighted by Gasteiger charge is 2.07. The number of nitrogens with one attached hydrogen (secondary N) is 1.